The molecule has 106 valence electrons. The Kier molecular flexibility index (Phi) is 6.19. The van der Waals surface area contributed by atoms with Gasteiger partial charge < -0.3 is 9.47 Å². The molecular formula is C15H23NO3. The van der Waals surface area contributed by atoms with Crippen LogP contribution >= 0.6 is 0 Å². The first-order valence-electron chi connectivity index (χ1n) is 6.60. The standard InChI is InChI=1S/C15H23NO3/c1-11(2)12(3)9-10-19-15(17)16-13-5-7-14(18-4)8-6-13/h5-8,11-12H,9-10H2,1-4H3,(H,16,17)/t12-/m1/s1. The van der Waals surface area contributed by atoms with Gasteiger partial charge in [-0.3, -0.25) is 5.32 Å². The molecule has 0 saturated heterocycles. The number of anilines is 1. The van der Waals surface area contributed by atoms with Crippen LogP contribution in [-0.4, -0.2) is 19.8 Å². The summed E-state index contributed by atoms with van der Waals surface area (Å²) in [4.78, 5) is 11.6. The van der Waals surface area contributed by atoms with E-state index in [1.165, 1.54) is 0 Å². The lowest BCUT2D eigenvalue weighted by molar-refractivity contribution is 0.150. The number of methoxy groups -OCH3 is 1. The van der Waals surface area contributed by atoms with E-state index in [1.54, 1.807) is 31.4 Å². The summed E-state index contributed by atoms with van der Waals surface area (Å²) >= 11 is 0. The molecule has 0 aliphatic carbocycles. The fourth-order valence-electron chi connectivity index (χ4n) is 1.50. The van der Waals surface area contributed by atoms with Gasteiger partial charge in [0.15, 0.2) is 0 Å². The highest BCUT2D eigenvalue weighted by Gasteiger charge is 2.09. The van der Waals surface area contributed by atoms with Gasteiger partial charge >= 0.3 is 6.09 Å². The van der Waals surface area contributed by atoms with Crippen molar-refractivity contribution >= 4 is 11.8 Å². The molecule has 0 aliphatic heterocycles. The summed E-state index contributed by atoms with van der Waals surface area (Å²) in [7, 11) is 1.60. The van der Waals surface area contributed by atoms with Crippen molar-refractivity contribution in [1.29, 1.82) is 0 Å². The number of carbonyl (C=O) groups is 1. The molecule has 0 spiro atoms. The first kappa shape index (κ1) is 15.3. The van der Waals surface area contributed by atoms with E-state index in [9.17, 15) is 4.79 Å². The Morgan fingerprint density at radius 1 is 1.21 bits per heavy atom. The minimum Gasteiger partial charge on any atom is -0.497 e. The van der Waals surface area contributed by atoms with Gasteiger partial charge in [-0.25, -0.2) is 4.79 Å². The number of rotatable bonds is 6. The Hall–Kier alpha value is -1.71. The molecule has 0 aromatic heterocycles. The molecule has 0 bridgehead atoms. The average molecular weight is 265 g/mol. The van der Waals surface area contributed by atoms with Gasteiger partial charge in [0.1, 0.15) is 5.75 Å². The minimum absolute atomic E-state index is 0.416. The second-order valence-electron chi connectivity index (χ2n) is 5.00. The second kappa shape index (κ2) is 7.67. The zero-order chi connectivity index (χ0) is 14.3. The third-order valence-corrected chi connectivity index (χ3v) is 3.28. The van der Waals surface area contributed by atoms with Crippen molar-refractivity contribution in [2.75, 3.05) is 19.0 Å². The molecule has 0 radical (unpaired) electrons. The Morgan fingerprint density at radius 2 is 1.84 bits per heavy atom. The van der Waals surface area contributed by atoms with Gasteiger partial charge in [-0.05, 0) is 42.5 Å². The highest BCUT2D eigenvalue weighted by atomic mass is 16.5. The van der Waals surface area contributed by atoms with Crippen molar-refractivity contribution < 1.29 is 14.3 Å². The van der Waals surface area contributed by atoms with E-state index in [-0.39, 0.29) is 0 Å². The zero-order valence-electron chi connectivity index (χ0n) is 12.1. The van der Waals surface area contributed by atoms with Crippen molar-refractivity contribution in [3.05, 3.63) is 24.3 Å². The fourth-order valence-corrected chi connectivity index (χ4v) is 1.50. The van der Waals surface area contributed by atoms with Crippen molar-refractivity contribution in [3.63, 3.8) is 0 Å². The molecular weight excluding hydrogens is 242 g/mol. The van der Waals surface area contributed by atoms with Crippen molar-refractivity contribution in [2.24, 2.45) is 11.8 Å². The highest BCUT2D eigenvalue weighted by Crippen LogP contribution is 2.16. The number of hydrogen-bond donors (Lipinski definition) is 1. The van der Waals surface area contributed by atoms with Crippen LogP contribution in [0.1, 0.15) is 27.2 Å². The van der Waals surface area contributed by atoms with Crippen LogP contribution in [0, 0.1) is 11.8 Å². The van der Waals surface area contributed by atoms with Crippen LogP contribution < -0.4 is 10.1 Å². The largest absolute Gasteiger partial charge is 0.497 e. The molecule has 0 saturated carbocycles. The number of hydrogen-bond acceptors (Lipinski definition) is 3. The maximum absolute atomic E-state index is 11.6. The summed E-state index contributed by atoms with van der Waals surface area (Å²) in [5.74, 6) is 1.91. The SMILES string of the molecule is COc1ccc(NC(=O)OCC[C@@H](C)C(C)C)cc1. The lowest BCUT2D eigenvalue weighted by Crippen LogP contribution is -2.16. The molecule has 4 heteroatoms. The Morgan fingerprint density at radius 3 is 2.37 bits per heavy atom. The first-order chi connectivity index (χ1) is 9.02. The summed E-state index contributed by atoms with van der Waals surface area (Å²) in [6.07, 6.45) is 0.467. The molecule has 4 nitrogen and oxygen atoms in total. The van der Waals surface area contributed by atoms with Crippen LogP contribution in [0.15, 0.2) is 24.3 Å². The zero-order valence-corrected chi connectivity index (χ0v) is 12.1. The van der Waals surface area contributed by atoms with Crippen LogP contribution in [-0.2, 0) is 4.74 Å². The lowest BCUT2D eigenvalue weighted by Gasteiger charge is -2.15. The van der Waals surface area contributed by atoms with Crippen LogP contribution in [0.4, 0.5) is 10.5 Å². The third kappa shape index (κ3) is 5.64. The molecule has 19 heavy (non-hydrogen) atoms. The van der Waals surface area contributed by atoms with E-state index in [0.29, 0.717) is 24.1 Å². The number of nitrogens with one attached hydrogen (secondary N) is 1. The fraction of sp³-hybridized carbons (Fsp3) is 0.533. The van der Waals surface area contributed by atoms with E-state index >= 15 is 0 Å². The third-order valence-electron chi connectivity index (χ3n) is 3.28. The topological polar surface area (TPSA) is 47.6 Å². The summed E-state index contributed by atoms with van der Waals surface area (Å²) in [6.45, 7) is 6.95. The first-order valence-corrected chi connectivity index (χ1v) is 6.60. The summed E-state index contributed by atoms with van der Waals surface area (Å²) in [6, 6.07) is 7.13. The van der Waals surface area contributed by atoms with Gasteiger partial charge in [0.25, 0.3) is 0 Å². The van der Waals surface area contributed by atoms with E-state index in [1.807, 2.05) is 0 Å². The molecule has 1 aromatic rings. The van der Waals surface area contributed by atoms with Crippen molar-refractivity contribution in [2.45, 2.75) is 27.2 Å². The number of carbonyl (C=O) groups excluding carboxylic acids is 1. The summed E-state index contributed by atoms with van der Waals surface area (Å²) in [5.41, 5.74) is 0.697. The monoisotopic (exact) mass is 265 g/mol. The van der Waals surface area contributed by atoms with E-state index in [2.05, 4.69) is 26.1 Å². The smallest absolute Gasteiger partial charge is 0.411 e. The van der Waals surface area contributed by atoms with Gasteiger partial charge in [0, 0.05) is 5.69 Å². The second-order valence-corrected chi connectivity index (χ2v) is 5.00. The Labute approximate surface area is 115 Å². The average Bonchev–Trinajstić information content (AvgIpc) is 2.39. The van der Waals surface area contributed by atoms with Crippen molar-refractivity contribution in [3.8, 4) is 5.75 Å². The predicted molar refractivity (Wildman–Crippen MR) is 76.6 cm³/mol. The maximum Gasteiger partial charge on any atom is 0.411 e. The van der Waals surface area contributed by atoms with Crippen LogP contribution in [0.5, 0.6) is 5.75 Å². The molecule has 1 aromatic carbocycles. The molecule has 0 unspecified atom stereocenters. The molecule has 1 N–H and O–H groups in total. The molecule has 1 rings (SSSR count). The quantitative estimate of drug-likeness (QED) is 0.847. The van der Waals surface area contributed by atoms with Gasteiger partial charge in [-0.1, -0.05) is 20.8 Å². The lowest BCUT2D eigenvalue weighted by atomic mass is 9.95. The van der Waals surface area contributed by atoms with Gasteiger partial charge in [-0.2, -0.15) is 0 Å². The highest BCUT2D eigenvalue weighted by molar-refractivity contribution is 5.84. The Bertz CT molecular complexity index is 387. The molecule has 0 fully saturated rings. The van der Waals surface area contributed by atoms with Gasteiger partial charge in [0.05, 0.1) is 13.7 Å². The van der Waals surface area contributed by atoms with Gasteiger partial charge in [0.2, 0.25) is 0 Å². The van der Waals surface area contributed by atoms with Gasteiger partial charge in [-0.15, -0.1) is 0 Å². The predicted octanol–water partition coefficient (Wildman–Crippen LogP) is 3.93. The number of ether oxygens (including phenoxy) is 2. The van der Waals surface area contributed by atoms with E-state index in [0.717, 1.165) is 12.2 Å². The Balaban J connectivity index is 2.30. The summed E-state index contributed by atoms with van der Waals surface area (Å²) < 4.78 is 10.2. The minimum atomic E-state index is -0.416. The summed E-state index contributed by atoms with van der Waals surface area (Å²) in [5, 5.41) is 2.68. The maximum atomic E-state index is 11.6. The van der Waals surface area contributed by atoms with Crippen molar-refractivity contribution in [1.82, 2.24) is 0 Å². The normalized spacial score (nSPS) is 12.1. The molecule has 1 atom stereocenters. The van der Waals surface area contributed by atoms with Crippen LogP contribution in [0.3, 0.4) is 0 Å². The molecule has 0 heterocycles. The van der Waals surface area contributed by atoms with E-state index < -0.39 is 6.09 Å². The number of benzene rings is 1. The van der Waals surface area contributed by atoms with Crippen LogP contribution in [0.2, 0.25) is 0 Å². The number of amides is 1. The van der Waals surface area contributed by atoms with Crippen LogP contribution in [0.25, 0.3) is 0 Å². The molecule has 1 amide bonds. The van der Waals surface area contributed by atoms with E-state index in [4.69, 9.17) is 9.47 Å². The molecule has 0 aliphatic rings.